The average molecular weight is 314 g/mol. The number of aromatic nitrogens is 1. The Hall–Kier alpha value is -1.74. The van der Waals surface area contributed by atoms with Crippen molar-refractivity contribution in [1.29, 1.82) is 0 Å². The minimum absolute atomic E-state index is 0.909. The van der Waals surface area contributed by atoms with Gasteiger partial charge in [0.2, 0.25) is 0 Å². The first-order valence-corrected chi connectivity index (χ1v) is 7.03. The third kappa shape index (κ3) is 1.55. The third-order valence-electron chi connectivity index (χ3n) is 3.82. The van der Waals surface area contributed by atoms with Gasteiger partial charge >= 0.3 is 0 Å². The number of ether oxygens (including phenoxy) is 1. The highest BCUT2D eigenvalue weighted by Gasteiger charge is 2.23. The second-order valence-electron chi connectivity index (χ2n) is 4.87. The van der Waals surface area contributed by atoms with Crippen LogP contribution in [0, 0.1) is 0 Å². The third-order valence-corrected chi connectivity index (χ3v) is 4.31. The first-order valence-electron chi connectivity index (χ1n) is 6.23. The predicted molar refractivity (Wildman–Crippen MR) is 80.8 cm³/mol. The molecule has 1 aliphatic rings. The Bertz CT molecular complexity index is 804. The standard InChI is InChI=1S/C16H12BrNO/c1-19-11-3-5-15-13(8-11)14-7-9-6-10(17)2-4-12(9)16(14)18-15/h2-6,8,18H,7H2,1H3. The van der Waals surface area contributed by atoms with Gasteiger partial charge in [0.1, 0.15) is 5.75 Å². The van der Waals surface area contributed by atoms with Gasteiger partial charge in [0.25, 0.3) is 0 Å². The molecule has 2 aromatic carbocycles. The molecule has 1 aromatic heterocycles. The molecule has 0 saturated carbocycles. The van der Waals surface area contributed by atoms with Crippen molar-refractivity contribution in [3.63, 3.8) is 0 Å². The van der Waals surface area contributed by atoms with E-state index in [9.17, 15) is 0 Å². The molecule has 94 valence electrons. The molecule has 0 atom stereocenters. The van der Waals surface area contributed by atoms with E-state index in [0.717, 1.165) is 16.6 Å². The molecule has 0 bridgehead atoms. The topological polar surface area (TPSA) is 25.0 Å². The normalized spacial score (nSPS) is 12.5. The minimum Gasteiger partial charge on any atom is -0.497 e. The number of methoxy groups -OCH3 is 1. The monoisotopic (exact) mass is 313 g/mol. The van der Waals surface area contributed by atoms with E-state index >= 15 is 0 Å². The Morgan fingerprint density at radius 3 is 2.89 bits per heavy atom. The van der Waals surface area contributed by atoms with Crippen LogP contribution in [0.4, 0.5) is 0 Å². The van der Waals surface area contributed by atoms with Gasteiger partial charge in [-0.3, -0.25) is 0 Å². The molecule has 0 fully saturated rings. The van der Waals surface area contributed by atoms with Crippen molar-refractivity contribution >= 4 is 26.8 Å². The summed E-state index contributed by atoms with van der Waals surface area (Å²) in [5.41, 5.74) is 6.50. The molecular formula is C16H12BrNO. The summed E-state index contributed by atoms with van der Waals surface area (Å²) in [4.78, 5) is 3.53. The Morgan fingerprint density at radius 2 is 2.05 bits per heavy atom. The molecule has 4 rings (SSSR count). The molecule has 2 nitrogen and oxygen atoms in total. The van der Waals surface area contributed by atoms with Gasteiger partial charge in [-0.15, -0.1) is 0 Å². The van der Waals surface area contributed by atoms with Crippen LogP contribution in [0.25, 0.3) is 22.2 Å². The second-order valence-corrected chi connectivity index (χ2v) is 5.78. The van der Waals surface area contributed by atoms with Gasteiger partial charge in [0.15, 0.2) is 0 Å². The molecule has 0 unspecified atom stereocenters. The van der Waals surface area contributed by atoms with Crippen LogP contribution in [0.1, 0.15) is 11.1 Å². The molecule has 1 heterocycles. The van der Waals surface area contributed by atoms with Crippen molar-refractivity contribution in [2.75, 3.05) is 7.11 Å². The van der Waals surface area contributed by atoms with Crippen molar-refractivity contribution in [2.24, 2.45) is 0 Å². The van der Waals surface area contributed by atoms with E-state index in [-0.39, 0.29) is 0 Å². The quantitative estimate of drug-likeness (QED) is 0.549. The van der Waals surface area contributed by atoms with Gasteiger partial charge in [-0.05, 0) is 41.5 Å². The van der Waals surface area contributed by atoms with Crippen molar-refractivity contribution in [2.45, 2.75) is 6.42 Å². The number of aromatic amines is 1. The van der Waals surface area contributed by atoms with Crippen molar-refractivity contribution in [3.8, 4) is 17.0 Å². The van der Waals surface area contributed by atoms with Gasteiger partial charge in [-0.2, -0.15) is 0 Å². The number of rotatable bonds is 1. The van der Waals surface area contributed by atoms with Crippen molar-refractivity contribution < 1.29 is 4.74 Å². The zero-order valence-corrected chi connectivity index (χ0v) is 12.0. The molecule has 1 aliphatic carbocycles. The smallest absolute Gasteiger partial charge is 0.119 e. The summed E-state index contributed by atoms with van der Waals surface area (Å²) in [6.07, 6.45) is 0.983. The summed E-state index contributed by atoms with van der Waals surface area (Å²) in [5, 5.41) is 1.27. The van der Waals surface area contributed by atoms with Gasteiger partial charge in [0.05, 0.1) is 12.8 Å². The molecule has 0 saturated heterocycles. The number of hydrogen-bond donors (Lipinski definition) is 1. The molecule has 3 aromatic rings. The zero-order chi connectivity index (χ0) is 13.0. The largest absolute Gasteiger partial charge is 0.497 e. The Balaban J connectivity index is 1.99. The van der Waals surface area contributed by atoms with Crippen LogP contribution >= 0.6 is 15.9 Å². The molecule has 19 heavy (non-hydrogen) atoms. The minimum atomic E-state index is 0.909. The Labute approximate surface area is 119 Å². The summed E-state index contributed by atoms with van der Waals surface area (Å²) >= 11 is 3.54. The zero-order valence-electron chi connectivity index (χ0n) is 10.5. The van der Waals surface area contributed by atoms with Gasteiger partial charge < -0.3 is 9.72 Å². The fraction of sp³-hybridized carbons (Fsp3) is 0.125. The Morgan fingerprint density at radius 1 is 1.16 bits per heavy atom. The lowest BCUT2D eigenvalue weighted by molar-refractivity contribution is 0.415. The first kappa shape index (κ1) is 11.1. The molecule has 1 N–H and O–H groups in total. The summed E-state index contributed by atoms with van der Waals surface area (Å²) in [6, 6.07) is 12.7. The van der Waals surface area contributed by atoms with Crippen molar-refractivity contribution in [1.82, 2.24) is 4.98 Å². The van der Waals surface area contributed by atoms with Crippen molar-refractivity contribution in [3.05, 3.63) is 52.0 Å². The molecule has 0 spiro atoms. The van der Waals surface area contributed by atoms with Crippen LogP contribution in [0.3, 0.4) is 0 Å². The number of fused-ring (bicyclic) bond motifs is 5. The highest BCUT2D eigenvalue weighted by atomic mass is 79.9. The highest BCUT2D eigenvalue weighted by Crippen LogP contribution is 2.41. The van der Waals surface area contributed by atoms with Crippen LogP contribution in [0.5, 0.6) is 5.75 Å². The maximum atomic E-state index is 5.33. The van der Waals surface area contributed by atoms with E-state index < -0.39 is 0 Å². The van der Waals surface area contributed by atoms with Crippen LogP contribution in [0.2, 0.25) is 0 Å². The maximum absolute atomic E-state index is 5.33. The maximum Gasteiger partial charge on any atom is 0.119 e. The van der Waals surface area contributed by atoms with Gasteiger partial charge in [-0.1, -0.05) is 22.0 Å². The summed E-state index contributed by atoms with van der Waals surface area (Å²) in [7, 11) is 1.71. The van der Waals surface area contributed by atoms with Crippen LogP contribution in [0.15, 0.2) is 40.9 Å². The molecule has 3 heteroatoms. The number of nitrogens with one attached hydrogen (secondary N) is 1. The van der Waals surface area contributed by atoms with E-state index in [1.807, 2.05) is 6.07 Å². The van der Waals surface area contributed by atoms with Crippen LogP contribution in [-0.2, 0) is 6.42 Å². The Kier molecular flexibility index (Phi) is 2.27. The summed E-state index contributed by atoms with van der Waals surface area (Å²) < 4.78 is 6.46. The number of hydrogen-bond acceptors (Lipinski definition) is 1. The second kappa shape index (κ2) is 3.87. The number of benzene rings is 2. The lowest BCUT2D eigenvalue weighted by Gasteiger charge is -2.02. The first-order chi connectivity index (χ1) is 9.26. The van der Waals surface area contributed by atoms with Gasteiger partial charge in [-0.25, -0.2) is 0 Å². The summed E-state index contributed by atoms with van der Waals surface area (Å²) in [5.74, 6) is 0.909. The SMILES string of the molecule is COc1ccc2[nH]c3c(c2c1)Cc1cc(Br)ccc1-3. The number of halogens is 1. The van der Waals surface area contributed by atoms with E-state index in [2.05, 4.69) is 51.2 Å². The average Bonchev–Trinajstić information content (AvgIpc) is 2.93. The molecule has 0 amide bonds. The van der Waals surface area contributed by atoms with E-state index in [0.29, 0.717) is 0 Å². The highest BCUT2D eigenvalue weighted by molar-refractivity contribution is 9.10. The van der Waals surface area contributed by atoms with Crippen LogP contribution in [-0.4, -0.2) is 12.1 Å². The van der Waals surface area contributed by atoms with E-state index in [1.165, 1.54) is 33.3 Å². The van der Waals surface area contributed by atoms with Gasteiger partial charge in [0, 0.05) is 27.4 Å². The molecule has 0 aliphatic heterocycles. The number of H-pyrrole nitrogens is 1. The van der Waals surface area contributed by atoms with Crippen LogP contribution < -0.4 is 4.74 Å². The fourth-order valence-corrected chi connectivity index (χ4v) is 3.32. The van der Waals surface area contributed by atoms with E-state index in [4.69, 9.17) is 4.74 Å². The lowest BCUT2D eigenvalue weighted by Crippen LogP contribution is -1.84. The fourth-order valence-electron chi connectivity index (χ4n) is 2.91. The molecule has 0 radical (unpaired) electrons. The summed E-state index contributed by atoms with van der Waals surface area (Å²) in [6.45, 7) is 0. The predicted octanol–water partition coefficient (Wildman–Crippen LogP) is 4.51. The lowest BCUT2D eigenvalue weighted by atomic mass is 10.1. The van der Waals surface area contributed by atoms with E-state index in [1.54, 1.807) is 7.11 Å². The molecular weight excluding hydrogens is 302 g/mol.